The van der Waals surface area contributed by atoms with Gasteiger partial charge in [-0.2, -0.15) is 0 Å². The number of hydrogen-bond donors (Lipinski definition) is 1. The zero-order chi connectivity index (χ0) is 13.8. The smallest absolute Gasteiger partial charge is 0.126 e. The maximum atomic E-state index is 13.5. The van der Waals surface area contributed by atoms with E-state index < -0.39 is 0 Å². The topological polar surface area (TPSA) is 12.0 Å². The number of hydrogen-bond acceptors (Lipinski definition) is 1. The first kappa shape index (κ1) is 13.3. The van der Waals surface area contributed by atoms with Gasteiger partial charge in [-0.1, -0.05) is 42.5 Å². The Balaban J connectivity index is 1.48. The van der Waals surface area contributed by atoms with Crippen molar-refractivity contribution in [3.8, 4) is 0 Å². The zero-order valence-corrected chi connectivity index (χ0v) is 11.6. The van der Waals surface area contributed by atoms with Gasteiger partial charge in [0.05, 0.1) is 0 Å². The summed E-state index contributed by atoms with van der Waals surface area (Å²) in [5, 5.41) is 3.40. The molecule has 0 heterocycles. The molecule has 0 aliphatic heterocycles. The third-order valence-corrected chi connectivity index (χ3v) is 3.86. The zero-order valence-electron chi connectivity index (χ0n) is 11.6. The molecule has 1 aliphatic rings. The average molecular weight is 269 g/mol. The van der Waals surface area contributed by atoms with E-state index in [0.717, 1.165) is 31.0 Å². The van der Waals surface area contributed by atoms with Gasteiger partial charge in [-0.25, -0.2) is 4.39 Å². The van der Waals surface area contributed by atoms with Gasteiger partial charge < -0.3 is 5.32 Å². The molecule has 1 saturated carbocycles. The van der Waals surface area contributed by atoms with Crippen LogP contribution in [0, 0.1) is 5.82 Å². The summed E-state index contributed by atoms with van der Waals surface area (Å²) in [5.41, 5.74) is 3.58. The molecular formula is C18H20FN. The maximum Gasteiger partial charge on any atom is 0.126 e. The standard InChI is InChI=1S/C18H20FN/c19-18-7-2-1-5-16(18)10-11-20-13-14-4-3-6-17(12-14)15-8-9-15/h1-7,12,15,20H,8-11,13H2. The summed E-state index contributed by atoms with van der Waals surface area (Å²) in [6.45, 7) is 1.66. The van der Waals surface area contributed by atoms with Crippen molar-refractivity contribution in [2.75, 3.05) is 6.54 Å². The second-order valence-electron chi connectivity index (χ2n) is 5.54. The van der Waals surface area contributed by atoms with E-state index in [1.807, 2.05) is 12.1 Å². The van der Waals surface area contributed by atoms with Gasteiger partial charge in [-0.05, 0) is 54.5 Å². The molecule has 0 radical (unpaired) electrons. The molecule has 1 N–H and O–H groups in total. The minimum atomic E-state index is -0.106. The molecule has 2 aromatic carbocycles. The summed E-state index contributed by atoms with van der Waals surface area (Å²) in [6.07, 6.45) is 3.41. The van der Waals surface area contributed by atoms with E-state index in [9.17, 15) is 4.39 Å². The molecule has 0 unspecified atom stereocenters. The molecule has 2 heteroatoms. The Morgan fingerprint density at radius 3 is 2.70 bits per heavy atom. The molecular weight excluding hydrogens is 249 g/mol. The molecule has 0 amide bonds. The van der Waals surface area contributed by atoms with Crippen molar-refractivity contribution in [3.05, 3.63) is 71.0 Å². The highest BCUT2D eigenvalue weighted by Crippen LogP contribution is 2.40. The lowest BCUT2D eigenvalue weighted by atomic mass is 10.1. The Labute approximate surface area is 119 Å². The number of halogens is 1. The molecule has 0 spiro atoms. The second kappa shape index (κ2) is 6.19. The quantitative estimate of drug-likeness (QED) is 0.781. The van der Waals surface area contributed by atoms with Crippen LogP contribution in [-0.2, 0) is 13.0 Å². The summed E-state index contributed by atoms with van der Waals surface area (Å²) in [7, 11) is 0. The summed E-state index contributed by atoms with van der Waals surface area (Å²) in [6, 6.07) is 15.8. The molecule has 104 valence electrons. The molecule has 1 fully saturated rings. The highest BCUT2D eigenvalue weighted by Gasteiger charge is 2.23. The fourth-order valence-corrected chi connectivity index (χ4v) is 2.53. The summed E-state index contributed by atoms with van der Waals surface area (Å²) in [4.78, 5) is 0. The highest BCUT2D eigenvalue weighted by molar-refractivity contribution is 5.29. The molecule has 3 rings (SSSR count). The van der Waals surface area contributed by atoms with Gasteiger partial charge in [0.2, 0.25) is 0 Å². The predicted octanol–water partition coefficient (Wildman–Crippen LogP) is 4.04. The lowest BCUT2D eigenvalue weighted by molar-refractivity contribution is 0.598. The van der Waals surface area contributed by atoms with Crippen LogP contribution in [0.15, 0.2) is 48.5 Å². The largest absolute Gasteiger partial charge is 0.312 e. The van der Waals surface area contributed by atoms with E-state index in [0.29, 0.717) is 0 Å². The first-order valence-corrected chi connectivity index (χ1v) is 7.36. The lowest BCUT2D eigenvalue weighted by Crippen LogP contribution is -2.17. The SMILES string of the molecule is Fc1ccccc1CCNCc1cccc(C2CC2)c1. The Kier molecular flexibility index (Phi) is 4.12. The summed E-state index contributed by atoms with van der Waals surface area (Å²) < 4.78 is 13.5. The van der Waals surface area contributed by atoms with Crippen LogP contribution in [0.1, 0.15) is 35.4 Å². The molecule has 0 atom stereocenters. The van der Waals surface area contributed by atoms with E-state index >= 15 is 0 Å². The molecule has 20 heavy (non-hydrogen) atoms. The van der Waals surface area contributed by atoms with Crippen LogP contribution >= 0.6 is 0 Å². The molecule has 0 saturated heterocycles. The minimum Gasteiger partial charge on any atom is -0.312 e. The Bertz CT molecular complexity index is 575. The van der Waals surface area contributed by atoms with Crippen molar-refractivity contribution in [1.29, 1.82) is 0 Å². The highest BCUT2D eigenvalue weighted by atomic mass is 19.1. The van der Waals surface area contributed by atoms with Crippen LogP contribution in [0.5, 0.6) is 0 Å². The van der Waals surface area contributed by atoms with E-state index in [4.69, 9.17) is 0 Å². The number of nitrogens with one attached hydrogen (secondary N) is 1. The van der Waals surface area contributed by atoms with E-state index in [1.54, 1.807) is 6.07 Å². The van der Waals surface area contributed by atoms with Crippen LogP contribution in [0.25, 0.3) is 0 Å². The van der Waals surface area contributed by atoms with Gasteiger partial charge in [0.1, 0.15) is 5.82 Å². The normalized spacial score (nSPS) is 14.4. The lowest BCUT2D eigenvalue weighted by Gasteiger charge is -2.07. The summed E-state index contributed by atoms with van der Waals surface area (Å²) in [5.74, 6) is 0.693. The van der Waals surface area contributed by atoms with Gasteiger partial charge >= 0.3 is 0 Å². The Hall–Kier alpha value is -1.67. The Morgan fingerprint density at radius 2 is 1.90 bits per heavy atom. The predicted molar refractivity (Wildman–Crippen MR) is 80.2 cm³/mol. The fraction of sp³-hybridized carbons (Fsp3) is 0.333. The van der Waals surface area contributed by atoms with Crippen LogP contribution < -0.4 is 5.32 Å². The van der Waals surface area contributed by atoms with Crippen molar-refractivity contribution in [2.24, 2.45) is 0 Å². The van der Waals surface area contributed by atoms with Crippen LogP contribution in [0.4, 0.5) is 4.39 Å². The first-order valence-electron chi connectivity index (χ1n) is 7.36. The first-order chi connectivity index (χ1) is 9.83. The van der Waals surface area contributed by atoms with E-state index in [1.165, 1.54) is 30.0 Å². The third kappa shape index (κ3) is 3.45. The fourth-order valence-electron chi connectivity index (χ4n) is 2.53. The second-order valence-corrected chi connectivity index (χ2v) is 5.54. The summed E-state index contributed by atoms with van der Waals surface area (Å²) >= 11 is 0. The van der Waals surface area contributed by atoms with Crippen LogP contribution in [-0.4, -0.2) is 6.54 Å². The van der Waals surface area contributed by atoms with E-state index in [2.05, 4.69) is 29.6 Å². The van der Waals surface area contributed by atoms with Crippen molar-refractivity contribution in [3.63, 3.8) is 0 Å². The maximum absolute atomic E-state index is 13.5. The van der Waals surface area contributed by atoms with Gasteiger partial charge in [-0.3, -0.25) is 0 Å². The van der Waals surface area contributed by atoms with Gasteiger partial charge in [-0.15, -0.1) is 0 Å². The van der Waals surface area contributed by atoms with Crippen LogP contribution in [0.3, 0.4) is 0 Å². The molecule has 2 aromatic rings. The average Bonchev–Trinajstić information content (AvgIpc) is 3.30. The van der Waals surface area contributed by atoms with Crippen molar-refractivity contribution < 1.29 is 4.39 Å². The van der Waals surface area contributed by atoms with Crippen LogP contribution in [0.2, 0.25) is 0 Å². The monoisotopic (exact) mass is 269 g/mol. The third-order valence-electron chi connectivity index (χ3n) is 3.86. The van der Waals surface area contributed by atoms with Crippen molar-refractivity contribution >= 4 is 0 Å². The van der Waals surface area contributed by atoms with Gasteiger partial charge in [0.15, 0.2) is 0 Å². The number of benzene rings is 2. The Morgan fingerprint density at radius 1 is 1.05 bits per heavy atom. The number of rotatable bonds is 6. The minimum absolute atomic E-state index is 0.106. The van der Waals surface area contributed by atoms with Crippen molar-refractivity contribution in [2.45, 2.75) is 31.7 Å². The van der Waals surface area contributed by atoms with E-state index in [-0.39, 0.29) is 5.82 Å². The van der Waals surface area contributed by atoms with Gasteiger partial charge in [0, 0.05) is 6.54 Å². The molecule has 1 nitrogen and oxygen atoms in total. The van der Waals surface area contributed by atoms with Crippen molar-refractivity contribution in [1.82, 2.24) is 5.32 Å². The van der Waals surface area contributed by atoms with Gasteiger partial charge in [0.25, 0.3) is 0 Å². The molecule has 0 aromatic heterocycles. The molecule has 0 bridgehead atoms. The molecule has 1 aliphatic carbocycles.